The molecule has 0 atom stereocenters. The lowest BCUT2D eigenvalue weighted by atomic mass is 9.86. The summed E-state index contributed by atoms with van der Waals surface area (Å²) in [4.78, 5) is 16.9. The Balaban J connectivity index is 1.26. The van der Waals surface area contributed by atoms with E-state index in [4.69, 9.17) is 4.74 Å². The molecule has 1 amide bonds. The molecule has 6 nitrogen and oxygen atoms in total. The number of ether oxygens (including phenoxy) is 1. The first-order valence-electron chi connectivity index (χ1n) is 11.8. The second-order valence-electron chi connectivity index (χ2n) is 8.64. The Morgan fingerprint density at radius 3 is 2.35 bits per heavy atom. The van der Waals surface area contributed by atoms with Gasteiger partial charge in [-0.2, -0.15) is 0 Å². The van der Waals surface area contributed by atoms with Crippen molar-refractivity contribution in [3.05, 3.63) is 36.4 Å². The number of benzene rings is 1. The van der Waals surface area contributed by atoms with Crippen molar-refractivity contribution < 1.29 is 9.53 Å². The molecule has 0 N–H and O–H groups in total. The second kappa shape index (κ2) is 10.6. The smallest absolute Gasteiger partial charge is 0.222 e. The summed E-state index contributed by atoms with van der Waals surface area (Å²) in [6.45, 7) is 5.80. The van der Waals surface area contributed by atoms with E-state index < -0.39 is 0 Å². The molecule has 0 spiro atoms. The summed E-state index contributed by atoms with van der Waals surface area (Å²) >= 11 is 0. The number of carbonyl (C=O) groups is 1. The van der Waals surface area contributed by atoms with Gasteiger partial charge < -0.3 is 14.5 Å². The second-order valence-corrected chi connectivity index (χ2v) is 8.64. The Hall–Kier alpha value is -2.63. The van der Waals surface area contributed by atoms with Crippen LogP contribution in [0.3, 0.4) is 0 Å². The monoisotopic (exact) mass is 422 g/mol. The van der Waals surface area contributed by atoms with Crippen molar-refractivity contribution in [2.24, 2.45) is 5.92 Å². The lowest BCUT2D eigenvalue weighted by Gasteiger charge is -2.35. The number of rotatable bonds is 7. The average molecular weight is 423 g/mol. The quantitative estimate of drug-likeness (QED) is 0.655. The third kappa shape index (κ3) is 5.75. The number of anilines is 1. The van der Waals surface area contributed by atoms with Crippen LogP contribution in [0.2, 0.25) is 0 Å². The first-order valence-corrected chi connectivity index (χ1v) is 11.8. The van der Waals surface area contributed by atoms with Crippen LogP contribution in [-0.4, -0.2) is 53.8 Å². The first kappa shape index (κ1) is 21.6. The third-order valence-electron chi connectivity index (χ3n) is 6.56. The van der Waals surface area contributed by atoms with E-state index >= 15 is 0 Å². The standard InChI is InChI=1S/C25H34N4O2/c1-2-31-22-11-9-21(10-12-22)23-13-14-24(27-26-23)28-16-18-29(19-17-28)25(30)15-8-20-6-4-3-5-7-20/h9-14,20H,2-8,15-19H2,1H3. The SMILES string of the molecule is CCOc1ccc(-c2ccc(N3CCN(C(=O)CCC4CCCCC4)CC3)nn2)cc1. The van der Waals surface area contributed by atoms with Gasteiger partial charge >= 0.3 is 0 Å². The van der Waals surface area contributed by atoms with Crippen molar-refractivity contribution in [2.45, 2.75) is 51.9 Å². The van der Waals surface area contributed by atoms with E-state index in [-0.39, 0.29) is 0 Å². The highest BCUT2D eigenvalue weighted by molar-refractivity contribution is 5.76. The molecule has 0 bridgehead atoms. The van der Waals surface area contributed by atoms with E-state index in [1.165, 1.54) is 32.1 Å². The summed E-state index contributed by atoms with van der Waals surface area (Å²) in [6.07, 6.45) is 8.46. The summed E-state index contributed by atoms with van der Waals surface area (Å²) in [7, 11) is 0. The molecule has 1 aliphatic heterocycles. The van der Waals surface area contributed by atoms with Crippen LogP contribution in [0, 0.1) is 5.92 Å². The Kier molecular flexibility index (Phi) is 7.39. The van der Waals surface area contributed by atoms with Gasteiger partial charge in [-0.25, -0.2) is 0 Å². The van der Waals surface area contributed by atoms with Gasteiger partial charge in [0.05, 0.1) is 12.3 Å². The number of hydrogen-bond donors (Lipinski definition) is 0. The number of piperazine rings is 1. The highest BCUT2D eigenvalue weighted by atomic mass is 16.5. The largest absolute Gasteiger partial charge is 0.494 e. The number of hydrogen-bond acceptors (Lipinski definition) is 5. The molecule has 2 aromatic rings. The Labute approximate surface area is 185 Å². The molecule has 1 saturated heterocycles. The van der Waals surface area contributed by atoms with E-state index in [0.717, 1.165) is 61.3 Å². The Morgan fingerprint density at radius 1 is 0.968 bits per heavy atom. The van der Waals surface area contributed by atoms with Crippen LogP contribution in [-0.2, 0) is 4.79 Å². The zero-order valence-corrected chi connectivity index (χ0v) is 18.6. The number of aromatic nitrogens is 2. The zero-order valence-electron chi connectivity index (χ0n) is 18.6. The first-order chi connectivity index (χ1) is 15.2. The van der Waals surface area contributed by atoms with E-state index in [2.05, 4.69) is 15.1 Å². The van der Waals surface area contributed by atoms with Crippen LogP contribution in [0.1, 0.15) is 51.9 Å². The summed E-state index contributed by atoms with van der Waals surface area (Å²) < 4.78 is 5.50. The maximum absolute atomic E-state index is 12.6. The highest BCUT2D eigenvalue weighted by Crippen LogP contribution is 2.28. The maximum Gasteiger partial charge on any atom is 0.222 e. The molecule has 1 saturated carbocycles. The van der Waals surface area contributed by atoms with Crippen LogP contribution in [0.4, 0.5) is 5.82 Å². The zero-order chi connectivity index (χ0) is 21.5. The van der Waals surface area contributed by atoms with Crippen LogP contribution in [0.25, 0.3) is 11.3 Å². The van der Waals surface area contributed by atoms with Crippen LogP contribution < -0.4 is 9.64 Å². The maximum atomic E-state index is 12.6. The van der Waals surface area contributed by atoms with Crippen LogP contribution in [0.15, 0.2) is 36.4 Å². The van der Waals surface area contributed by atoms with Crippen molar-refractivity contribution in [1.29, 1.82) is 0 Å². The van der Waals surface area contributed by atoms with Gasteiger partial charge in [0.2, 0.25) is 5.91 Å². The molecule has 1 aromatic carbocycles. The summed E-state index contributed by atoms with van der Waals surface area (Å²) in [5.74, 6) is 2.83. The third-order valence-corrected chi connectivity index (χ3v) is 6.56. The van der Waals surface area contributed by atoms with Crippen molar-refractivity contribution in [3.8, 4) is 17.0 Å². The molecule has 6 heteroatoms. The lowest BCUT2D eigenvalue weighted by Crippen LogP contribution is -2.49. The minimum absolute atomic E-state index is 0.321. The Bertz CT molecular complexity index is 824. The number of carbonyl (C=O) groups excluding carboxylic acids is 1. The fraction of sp³-hybridized carbons (Fsp3) is 0.560. The topological polar surface area (TPSA) is 58.6 Å². The lowest BCUT2D eigenvalue weighted by molar-refractivity contribution is -0.131. The van der Waals surface area contributed by atoms with Gasteiger partial charge in [-0.05, 0) is 55.7 Å². The minimum atomic E-state index is 0.321. The van der Waals surface area contributed by atoms with Crippen molar-refractivity contribution in [2.75, 3.05) is 37.7 Å². The molecule has 1 aromatic heterocycles. The van der Waals surface area contributed by atoms with E-state index in [9.17, 15) is 4.79 Å². The molecule has 0 radical (unpaired) electrons. The average Bonchev–Trinajstić information content (AvgIpc) is 2.84. The van der Waals surface area contributed by atoms with Gasteiger partial charge in [0.1, 0.15) is 5.75 Å². The molecule has 166 valence electrons. The van der Waals surface area contributed by atoms with Crippen LogP contribution in [0.5, 0.6) is 5.75 Å². The number of amides is 1. The predicted octanol–water partition coefficient (Wildman–Crippen LogP) is 4.55. The van der Waals surface area contributed by atoms with Gasteiger partial charge in [-0.15, -0.1) is 10.2 Å². The molecule has 1 aliphatic carbocycles. The van der Waals surface area contributed by atoms with Gasteiger partial charge in [0, 0.05) is 38.2 Å². The van der Waals surface area contributed by atoms with Gasteiger partial charge in [-0.1, -0.05) is 32.1 Å². The fourth-order valence-electron chi connectivity index (χ4n) is 4.68. The predicted molar refractivity (Wildman–Crippen MR) is 123 cm³/mol. The van der Waals surface area contributed by atoms with Gasteiger partial charge in [0.15, 0.2) is 5.82 Å². The molecule has 31 heavy (non-hydrogen) atoms. The fourth-order valence-corrected chi connectivity index (χ4v) is 4.68. The van der Waals surface area contributed by atoms with Crippen molar-refractivity contribution in [1.82, 2.24) is 15.1 Å². The minimum Gasteiger partial charge on any atom is -0.494 e. The normalized spacial score (nSPS) is 17.6. The highest BCUT2D eigenvalue weighted by Gasteiger charge is 2.23. The van der Waals surface area contributed by atoms with Crippen LogP contribution >= 0.6 is 0 Å². The summed E-state index contributed by atoms with van der Waals surface area (Å²) in [5.41, 5.74) is 1.87. The molecule has 0 unspecified atom stereocenters. The van der Waals surface area contributed by atoms with Gasteiger partial charge in [-0.3, -0.25) is 4.79 Å². The molecule has 4 rings (SSSR count). The van der Waals surface area contributed by atoms with Crippen molar-refractivity contribution in [3.63, 3.8) is 0 Å². The van der Waals surface area contributed by atoms with E-state index in [1.54, 1.807) is 0 Å². The molecule has 2 fully saturated rings. The molecular weight excluding hydrogens is 388 g/mol. The van der Waals surface area contributed by atoms with E-state index in [1.807, 2.05) is 48.2 Å². The number of nitrogens with zero attached hydrogens (tertiary/aromatic N) is 4. The van der Waals surface area contributed by atoms with Crippen molar-refractivity contribution >= 4 is 11.7 Å². The van der Waals surface area contributed by atoms with Gasteiger partial charge in [0.25, 0.3) is 0 Å². The molecule has 2 aliphatic rings. The summed E-state index contributed by atoms with van der Waals surface area (Å²) in [5, 5.41) is 8.87. The molecular formula is C25H34N4O2. The Morgan fingerprint density at radius 2 is 1.71 bits per heavy atom. The molecule has 2 heterocycles. The summed E-state index contributed by atoms with van der Waals surface area (Å²) in [6, 6.07) is 12.0. The van der Waals surface area contributed by atoms with E-state index in [0.29, 0.717) is 18.9 Å².